The molecule has 1 fully saturated rings. The Balaban J connectivity index is 2.07. The number of aromatic nitrogens is 1. The van der Waals surface area contributed by atoms with Crippen LogP contribution in [-0.2, 0) is 0 Å². The Morgan fingerprint density at radius 2 is 2.35 bits per heavy atom. The maximum Gasteiger partial charge on any atom is 0.141 e. The van der Waals surface area contributed by atoms with E-state index in [-0.39, 0.29) is 5.82 Å². The fourth-order valence-corrected chi connectivity index (χ4v) is 2.45. The van der Waals surface area contributed by atoms with Crippen LogP contribution >= 0.6 is 0 Å². The first-order valence-corrected chi connectivity index (χ1v) is 6.34. The van der Waals surface area contributed by atoms with Crippen molar-refractivity contribution in [2.45, 2.75) is 31.7 Å². The summed E-state index contributed by atoms with van der Waals surface area (Å²) in [6, 6.07) is 3.81. The third kappa shape index (κ3) is 3.16. The standard InChI is InChI=1S/C13H20FN3/c1-15-8-7-12-4-2-3-9-17(12)13-6-5-11(14)10-16-13/h5-6,10,12,15H,2-4,7-9H2,1H3. The SMILES string of the molecule is CNCCC1CCCCN1c1ccc(F)cn1. The smallest absolute Gasteiger partial charge is 0.141 e. The predicted octanol–water partition coefficient (Wildman–Crippen LogP) is 2.19. The van der Waals surface area contributed by atoms with Crippen molar-refractivity contribution < 1.29 is 4.39 Å². The Hall–Kier alpha value is -1.16. The number of nitrogens with zero attached hydrogens (tertiary/aromatic N) is 2. The Bertz CT molecular complexity index is 339. The van der Waals surface area contributed by atoms with Crippen molar-refractivity contribution in [3.05, 3.63) is 24.1 Å². The van der Waals surface area contributed by atoms with E-state index in [1.54, 1.807) is 6.07 Å². The van der Waals surface area contributed by atoms with Crippen molar-refractivity contribution in [3.63, 3.8) is 0 Å². The van der Waals surface area contributed by atoms with Crippen molar-refractivity contribution >= 4 is 5.82 Å². The second-order valence-electron chi connectivity index (χ2n) is 4.57. The van der Waals surface area contributed by atoms with Gasteiger partial charge in [-0.1, -0.05) is 0 Å². The van der Waals surface area contributed by atoms with Gasteiger partial charge in [-0.25, -0.2) is 9.37 Å². The summed E-state index contributed by atoms with van der Waals surface area (Å²) in [7, 11) is 1.98. The van der Waals surface area contributed by atoms with Crippen LogP contribution in [0.2, 0.25) is 0 Å². The zero-order valence-electron chi connectivity index (χ0n) is 10.3. The van der Waals surface area contributed by atoms with Gasteiger partial charge in [-0.15, -0.1) is 0 Å². The molecule has 1 aromatic heterocycles. The van der Waals surface area contributed by atoms with Crippen LogP contribution in [0.25, 0.3) is 0 Å². The average molecular weight is 237 g/mol. The van der Waals surface area contributed by atoms with Crippen LogP contribution in [0.5, 0.6) is 0 Å². The summed E-state index contributed by atoms with van der Waals surface area (Å²) < 4.78 is 12.9. The van der Waals surface area contributed by atoms with Crippen molar-refractivity contribution in [3.8, 4) is 0 Å². The predicted molar refractivity (Wildman–Crippen MR) is 67.7 cm³/mol. The lowest BCUT2D eigenvalue weighted by Crippen LogP contribution is -2.41. The molecule has 0 saturated carbocycles. The van der Waals surface area contributed by atoms with Gasteiger partial charge in [0.05, 0.1) is 6.20 Å². The van der Waals surface area contributed by atoms with Crippen LogP contribution in [0, 0.1) is 5.82 Å². The summed E-state index contributed by atoms with van der Waals surface area (Å²) in [6.45, 7) is 2.05. The van der Waals surface area contributed by atoms with E-state index in [9.17, 15) is 4.39 Å². The van der Waals surface area contributed by atoms with E-state index in [4.69, 9.17) is 0 Å². The van der Waals surface area contributed by atoms with Crippen molar-refractivity contribution in [1.29, 1.82) is 0 Å². The third-order valence-electron chi connectivity index (χ3n) is 3.36. The highest BCUT2D eigenvalue weighted by molar-refractivity contribution is 5.39. The summed E-state index contributed by atoms with van der Waals surface area (Å²) in [5.74, 6) is 0.643. The molecule has 0 bridgehead atoms. The number of hydrogen-bond donors (Lipinski definition) is 1. The zero-order chi connectivity index (χ0) is 12.1. The molecular formula is C13H20FN3. The van der Waals surface area contributed by atoms with Crippen LogP contribution < -0.4 is 10.2 Å². The second kappa shape index (κ2) is 5.96. The van der Waals surface area contributed by atoms with Crippen LogP contribution in [0.4, 0.5) is 10.2 Å². The molecule has 0 spiro atoms. The van der Waals surface area contributed by atoms with Gasteiger partial charge >= 0.3 is 0 Å². The number of pyridine rings is 1. The molecule has 0 radical (unpaired) electrons. The molecule has 1 aliphatic heterocycles. The van der Waals surface area contributed by atoms with Gasteiger partial charge in [0.25, 0.3) is 0 Å². The van der Waals surface area contributed by atoms with Gasteiger partial charge < -0.3 is 10.2 Å². The molecule has 0 amide bonds. The molecule has 1 saturated heterocycles. The maximum atomic E-state index is 12.9. The number of piperidine rings is 1. The fraction of sp³-hybridized carbons (Fsp3) is 0.615. The first-order chi connectivity index (χ1) is 8.31. The lowest BCUT2D eigenvalue weighted by molar-refractivity contribution is 0.430. The van der Waals surface area contributed by atoms with E-state index in [1.807, 2.05) is 7.05 Å². The molecule has 2 heterocycles. The lowest BCUT2D eigenvalue weighted by Gasteiger charge is -2.36. The molecule has 0 aliphatic carbocycles. The van der Waals surface area contributed by atoms with Crippen LogP contribution in [0.3, 0.4) is 0 Å². The molecule has 1 atom stereocenters. The number of rotatable bonds is 4. The number of halogens is 1. The minimum absolute atomic E-state index is 0.266. The largest absolute Gasteiger partial charge is 0.354 e. The molecule has 4 heteroatoms. The number of nitrogens with one attached hydrogen (secondary N) is 1. The van der Waals surface area contributed by atoms with Crippen molar-refractivity contribution in [2.24, 2.45) is 0 Å². The minimum atomic E-state index is -0.266. The molecule has 0 aromatic carbocycles. The molecule has 1 aliphatic rings. The first-order valence-electron chi connectivity index (χ1n) is 6.34. The summed E-state index contributed by atoms with van der Waals surface area (Å²) in [4.78, 5) is 6.51. The molecule has 1 N–H and O–H groups in total. The monoisotopic (exact) mass is 237 g/mol. The van der Waals surface area contributed by atoms with Crippen LogP contribution in [-0.4, -0.2) is 31.2 Å². The van der Waals surface area contributed by atoms with Gasteiger partial charge in [0.2, 0.25) is 0 Å². The molecule has 2 rings (SSSR count). The van der Waals surface area contributed by atoms with Crippen molar-refractivity contribution in [1.82, 2.24) is 10.3 Å². The summed E-state index contributed by atoms with van der Waals surface area (Å²) in [5, 5.41) is 3.19. The summed E-state index contributed by atoms with van der Waals surface area (Å²) in [5.41, 5.74) is 0. The highest BCUT2D eigenvalue weighted by atomic mass is 19.1. The van der Waals surface area contributed by atoms with E-state index in [1.165, 1.54) is 31.5 Å². The van der Waals surface area contributed by atoms with Crippen molar-refractivity contribution in [2.75, 3.05) is 25.0 Å². The van der Waals surface area contributed by atoms with Crippen LogP contribution in [0.15, 0.2) is 18.3 Å². The average Bonchev–Trinajstić information content (AvgIpc) is 2.38. The summed E-state index contributed by atoms with van der Waals surface area (Å²) >= 11 is 0. The molecule has 1 unspecified atom stereocenters. The highest BCUT2D eigenvalue weighted by Gasteiger charge is 2.22. The number of hydrogen-bond acceptors (Lipinski definition) is 3. The lowest BCUT2D eigenvalue weighted by atomic mass is 9.99. The Kier molecular flexibility index (Phi) is 4.31. The molecular weight excluding hydrogens is 217 g/mol. The second-order valence-corrected chi connectivity index (χ2v) is 4.57. The highest BCUT2D eigenvalue weighted by Crippen LogP contribution is 2.24. The maximum absolute atomic E-state index is 12.9. The Morgan fingerprint density at radius 3 is 3.06 bits per heavy atom. The van der Waals surface area contributed by atoms with Gasteiger partial charge in [-0.3, -0.25) is 0 Å². The Morgan fingerprint density at radius 1 is 1.47 bits per heavy atom. The normalized spacial score (nSPS) is 20.6. The molecule has 1 aromatic rings. The Labute approximate surface area is 102 Å². The molecule has 17 heavy (non-hydrogen) atoms. The fourth-order valence-electron chi connectivity index (χ4n) is 2.45. The van der Waals surface area contributed by atoms with E-state index in [0.29, 0.717) is 6.04 Å². The first kappa shape index (κ1) is 12.3. The van der Waals surface area contributed by atoms with Gasteiger partial charge in [-0.2, -0.15) is 0 Å². The summed E-state index contributed by atoms with van der Waals surface area (Å²) in [6.07, 6.45) is 6.12. The number of anilines is 1. The van der Waals surface area contributed by atoms with E-state index >= 15 is 0 Å². The van der Waals surface area contributed by atoms with E-state index in [0.717, 1.165) is 25.3 Å². The van der Waals surface area contributed by atoms with Gasteiger partial charge in [0.15, 0.2) is 0 Å². The van der Waals surface area contributed by atoms with Gasteiger partial charge in [0.1, 0.15) is 11.6 Å². The zero-order valence-corrected chi connectivity index (χ0v) is 10.3. The third-order valence-corrected chi connectivity index (χ3v) is 3.36. The van der Waals surface area contributed by atoms with E-state index < -0.39 is 0 Å². The van der Waals surface area contributed by atoms with Gasteiger partial charge in [-0.05, 0) is 51.4 Å². The molecule has 3 nitrogen and oxygen atoms in total. The minimum Gasteiger partial charge on any atom is -0.354 e. The topological polar surface area (TPSA) is 28.2 Å². The van der Waals surface area contributed by atoms with Crippen LogP contribution in [0.1, 0.15) is 25.7 Å². The quantitative estimate of drug-likeness (QED) is 0.870. The molecule has 94 valence electrons. The van der Waals surface area contributed by atoms with Gasteiger partial charge in [0, 0.05) is 12.6 Å². The van der Waals surface area contributed by atoms with E-state index in [2.05, 4.69) is 15.2 Å².